The fraction of sp³-hybridized carbons (Fsp3) is 0.222. The van der Waals surface area contributed by atoms with Crippen LogP contribution in [0.2, 0.25) is 0 Å². The second kappa shape index (κ2) is 10.4. The molecule has 0 saturated heterocycles. The van der Waals surface area contributed by atoms with E-state index in [1.807, 2.05) is 36.4 Å². The Labute approximate surface area is 193 Å². The summed E-state index contributed by atoms with van der Waals surface area (Å²) in [5.74, 6) is 0.675. The molecule has 0 N–H and O–H groups in total. The number of methoxy groups -OCH3 is 1. The van der Waals surface area contributed by atoms with Crippen molar-refractivity contribution in [2.45, 2.75) is 19.0 Å². The number of rotatable bonds is 9. The number of benzene rings is 2. The van der Waals surface area contributed by atoms with Gasteiger partial charge in [-0.3, -0.25) is 0 Å². The first-order chi connectivity index (χ1) is 15.7. The summed E-state index contributed by atoms with van der Waals surface area (Å²) >= 11 is 1.74. The van der Waals surface area contributed by atoms with E-state index in [9.17, 15) is 4.79 Å². The van der Waals surface area contributed by atoms with E-state index in [0.717, 1.165) is 33.8 Å². The van der Waals surface area contributed by atoms with Gasteiger partial charge >= 0.3 is 5.97 Å². The minimum atomic E-state index is -0.373. The molecule has 5 heteroatoms. The smallest absolute Gasteiger partial charge is 0.328 e. The van der Waals surface area contributed by atoms with Crippen LogP contribution in [0.15, 0.2) is 91.1 Å². The summed E-state index contributed by atoms with van der Waals surface area (Å²) in [5, 5.41) is 0. The van der Waals surface area contributed by atoms with E-state index in [0.29, 0.717) is 13.0 Å². The topological polar surface area (TPSA) is 34.0 Å². The molecule has 0 bridgehead atoms. The molecule has 0 aliphatic heterocycles. The van der Waals surface area contributed by atoms with E-state index in [-0.39, 0.29) is 12.0 Å². The van der Waals surface area contributed by atoms with Crippen molar-refractivity contribution < 1.29 is 9.53 Å². The Balaban J connectivity index is 1.87. The molecule has 0 fully saturated rings. The van der Waals surface area contributed by atoms with Gasteiger partial charge in [0, 0.05) is 12.7 Å². The van der Waals surface area contributed by atoms with Crippen LogP contribution in [0.1, 0.15) is 12.0 Å². The van der Waals surface area contributed by atoms with Crippen molar-refractivity contribution in [3.8, 4) is 11.3 Å². The van der Waals surface area contributed by atoms with Crippen LogP contribution < -0.4 is 4.90 Å². The molecule has 2 aromatic heterocycles. The highest BCUT2D eigenvalue weighted by atomic mass is 32.2. The molecule has 2 aromatic carbocycles. The van der Waals surface area contributed by atoms with Crippen molar-refractivity contribution in [1.82, 2.24) is 4.40 Å². The third-order valence-corrected chi connectivity index (χ3v) is 6.32. The molecule has 0 aliphatic rings. The summed E-state index contributed by atoms with van der Waals surface area (Å²) in [7, 11) is 1.47. The molecule has 2 heterocycles. The molecule has 1 atom stereocenters. The average molecular weight is 445 g/mol. The number of aromatic nitrogens is 1. The van der Waals surface area contributed by atoms with Crippen LogP contribution in [0.4, 0.5) is 5.69 Å². The van der Waals surface area contributed by atoms with Crippen LogP contribution in [-0.4, -0.2) is 35.5 Å². The van der Waals surface area contributed by atoms with Crippen molar-refractivity contribution in [3.05, 3.63) is 96.7 Å². The summed E-state index contributed by atoms with van der Waals surface area (Å²) in [6, 6.07) is 28.7. The van der Waals surface area contributed by atoms with Crippen molar-refractivity contribution in [3.63, 3.8) is 0 Å². The predicted molar refractivity (Wildman–Crippen MR) is 134 cm³/mol. The quantitative estimate of drug-likeness (QED) is 0.301. The zero-order valence-corrected chi connectivity index (χ0v) is 19.3. The van der Waals surface area contributed by atoms with Crippen molar-refractivity contribution >= 4 is 28.9 Å². The van der Waals surface area contributed by atoms with Gasteiger partial charge in [0.1, 0.15) is 6.04 Å². The Bertz CT molecular complexity index is 1160. The Hall–Kier alpha value is -3.18. The highest BCUT2D eigenvalue weighted by Gasteiger charge is 2.29. The van der Waals surface area contributed by atoms with E-state index in [1.54, 1.807) is 11.8 Å². The van der Waals surface area contributed by atoms with Gasteiger partial charge in [0.05, 0.1) is 24.0 Å². The van der Waals surface area contributed by atoms with Crippen LogP contribution in [-0.2, 0) is 16.1 Å². The lowest BCUT2D eigenvalue weighted by Crippen LogP contribution is -2.42. The standard InChI is InChI=1S/C27H28N2O2S/c1-31-27(30)24(16-18-32-2)29(20-21-11-5-3-6-12-21)26-19-25(22-13-7-4-8-14-22)28-17-10-9-15-23(26)28/h3-15,17,19,24H,16,18,20H2,1-2H3/t24-/m0/s1. The normalized spacial score (nSPS) is 11.9. The van der Waals surface area contributed by atoms with Gasteiger partial charge in [0.15, 0.2) is 0 Å². The Morgan fingerprint density at radius 3 is 2.38 bits per heavy atom. The van der Waals surface area contributed by atoms with Gasteiger partial charge in [-0.05, 0) is 47.8 Å². The molecule has 4 rings (SSSR count). The number of esters is 1. The fourth-order valence-corrected chi connectivity index (χ4v) is 4.57. The number of hydrogen-bond donors (Lipinski definition) is 0. The van der Waals surface area contributed by atoms with Gasteiger partial charge in [0.25, 0.3) is 0 Å². The van der Waals surface area contributed by atoms with Gasteiger partial charge in [-0.15, -0.1) is 0 Å². The van der Waals surface area contributed by atoms with Crippen molar-refractivity contribution in [1.29, 1.82) is 0 Å². The third kappa shape index (κ3) is 4.68. The lowest BCUT2D eigenvalue weighted by Gasteiger charge is -2.31. The Kier molecular flexibility index (Phi) is 7.17. The monoisotopic (exact) mass is 444 g/mol. The van der Waals surface area contributed by atoms with Crippen LogP contribution >= 0.6 is 11.8 Å². The maximum Gasteiger partial charge on any atom is 0.328 e. The summed E-state index contributed by atoms with van der Waals surface area (Å²) in [6.45, 7) is 0.623. The summed E-state index contributed by atoms with van der Waals surface area (Å²) in [6.07, 6.45) is 4.86. The maximum absolute atomic E-state index is 13.0. The first-order valence-corrected chi connectivity index (χ1v) is 12.1. The molecule has 0 amide bonds. The van der Waals surface area contributed by atoms with Gasteiger partial charge in [-0.1, -0.05) is 66.7 Å². The van der Waals surface area contributed by atoms with Gasteiger partial charge < -0.3 is 14.0 Å². The molecule has 4 nitrogen and oxygen atoms in total. The Morgan fingerprint density at radius 1 is 1.00 bits per heavy atom. The summed E-state index contributed by atoms with van der Waals surface area (Å²) in [4.78, 5) is 15.2. The average Bonchev–Trinajstić information content (AvgIpc) is 3.24. The second-order valence-electron chi connectivity index (χ2n) is 7.67. The zero-order chi connectivity index (χ0) is 22.3. The maximum atomic E-state index is 13.0. The number of fused-ring (bicyclic) bond motifs is 1. The lowest BCUT2D eigenvalue weighted by atomic mass is 10.1. The molecule has 32 heavy (non-hydrogen) atoms. The minimum Gasteiger partial charge on any atom is -0.467 e. The SMILES string of the molecule is COC(=O)[C@H](CCSC)N(Cc1ccccc1)c1cc(-c2ccccc2)n2ccccc12. The molecular formula is C27H28N2O2S. The van der Waals surface area contributed by atoms with Gasteiger partial charge in [-0.2, -0.15) is 11.8 Å². The number of ether oxygens (including phenoxy) is 1. The highest BCUT2D eigenvalue weighted by Crippen LogP contribution is 2.35. The molecule has 0 aliphatic carbocycles. The lowest BCUT2D eigenvalue weighted by molar-refractivity contribution is -0.142. The molecule has 164 valence electrons. The number of thioether (sulfide) groups is 1. The number of anilines is 1. The highest BCUT2D eigenvalue weighted by molar-refractivity contribution is 7.98. The molecule has 4 aromatic rings. The molecule has 0 saturated carbocycles. The summed E-state index contributed by atoms with van der Waals surface area (Å²) < 4.78 is 7.46. The van der Waals surface area contributed by atoms with E-state index >= 15 is 0 Å². The first kappa shape index (κ1) is 22.0. The van der Waals surface area contributed by atoms with Gasteiger partial charge in [0.2, 0.25) is 0 Å². The molecule has 0 spiro atoms. The number of carbonyl (C=O) groups excluding carboxylic acids is 1. The minimum absolute atomic E-state index is 0.202. The first-order valence-electron chi connectivity index (χ1n) is 10.8. The molecule has 0 unspecified atom stereocenters. The number of carbonyl (C=O) groups is 1. The second-order valence-corrected chi connectivity index (χ2v) is 8.66. The number of pyridine rings is 1. The zero-order valence-electron chi connectivity index (χ0n) is 18.5. The molecule has 0 radical (unpaired) electrons. The Morgan fingerprint density at radius 2 is 1.69 bits per heavy atom. The largest absolute Gasteiger partial charge is 0.467 e. The van der Waals surface area contributed by atoms with Crippen LogP contribution in [0.25, 0.3) is 16.8 Å². The van der Waals surface area contributed by atoms with E-state index < -0.39 is 0 Å². The van der Waals surface area contributed by atoms with E-state index in [1.165, 1.54) is 7.11 Å². The van der Waals surface area contributed by atoms with Gasteiger partial charge in [-0.25, -0.2) is 4.79 Å². The number of hydrogen-bond acceptors (Lipinski definition) is 4. The number of nitrogens with zero attached hydrogens (tertiary/aromatic N) is 2. The van der Waals surface area contributed by atoms with E-state index in [4.69, 9.17) is 4.74 Å². The van der Waals surface area contributed by atoms with E-state index in [2.05, 4.69) is 70.3 Å². The molecular weight excluding hydrogens is 416 g/mol. The summed E-state index contributed by atoms with van der Waals surface area (Å²) in [5.41, 5.74) is 5.49. The fourth-order valence-electron chi connectivity index (χ4n) is 4.11. The van der Waals surface area contributed by atoms with Crippen LogP contribution in [0.5, 0.6) is 0 Å². The predicted octanol–water partition coefficient (Wildman–Crippen LogP) is 5.91. The van der Waals surface area contributed by atoms with Crippen LogP contribution in [0.3, 0.4) is 0 Å². The van der Waals surface area contributed by atoms with Crippen LogP contribution in [0, 0.1) is 0 Å². The third-order valence-electron chi connectivity index (χ3n) is 5.67. The van der Waals surface area contributed by atoms with Crippen molar-refractivity contribution in [2.75, 3.05) is 24.0 Å². The van der Waals surface area contributed by atoms with Crippen molar-refractivity contribution in [2.24, 2.45) is 0 Å².